The van der Waals surface area contributed by atoms with Gasteiger partial charge in [-0.25, -0.2) is 0 Å². The number of nitrogens with one attached hydrogen (secondary N) is 1. The highest BCUT2D eigenvalue weighted by atomic mass is 16.5. The lowest BCUT2D eigenvalue weighted by Gasteiger charge is -2.35. The number of hydrogen-bond acceptors (Lipinski definition) is 6. The van der Waals surface area contributed by atoms with E-state index in [1.54, 1.807) is 0 Å². The van der Waals surface area contributed by atoms with E-state index < -0.39 is 35.1 Å². The molecule has 2 rings (SSSR count). The molecule has 9 heteroatoms. The Morgan fingerprint density at radius 1 is 0.936 bits per heavy atom. The number of amides is 2. The fraction of sp³-hybridized carbons (Fsp3) is 0.895. The zero-order chi connectivity index (χ0) is 29.3. The zero-order valence-electron chi connectivity index (χ0n) is 25.0. The number of carboxylic acids is 1. The lowest BCUT2D eigenvalue weighted by molar-refractivity contribution is -0.151. The molecule has 4 N–H and O–H groups in total. The van der Waals surface area contributed by atoms with Gasteiger partial charge in [0.1, 0.15) is 6.61 Å². The number of unbranched alkanes of at least 4 members (excludes halogenated alkanes) is 3. The van der Waals surface area contributed by atoms with Crippen molar-refractivity contribution in [1.29, 1.82) is 0 Å². The molecule has 2 amide bonds. The van der Waals surface area contributed by atoms with Crippen molar-refractivity contribution in [3.63, 3.8) is 0 Å². The van der Waals surface area contributed by atoms with Crippen LogP contribution in [0.3, 0.4) is 0 Å². The molecule has 9 nitrogen and oxygen atoms in total. The minimum atomic E-state index is -0.841. The Kier molecular flexibility index (Phi) is 35.5. The minimum Gasteiger partial charge on any atom is -0.481 e. The number of rotatable bonds is 18. The number of fused-ring (bicyclic) bond motifs is 2. The number of carbonyl (C=O) groups excluding carboxylic acids is 3. The van der Waals surface area contributed by atoms with Crippen molar-refractivity contribution in [2.24, 2.45) is 52.6 Å². The van der Waals surface area contributed by atoms with E-state index >= 15 is 0 Å². The Morgan fingerprint density at radius 3 is 1.98 bits per heavy atom. The Hall–Kier alpha value is -2.16. The van der Waals surface area contributed by atoms with Gasteiger partial charge in [-0.3, -0.25) is 19.2 Å². The number of nitrogens with two attached hydrogens (primary N) is 1. The molecule has 0 saturated heterocycles. The Labute approximate surface area is 293 Å². The van der Waals surface area contributed by atoms with E-state index in [0.717, 1.165) is 32.1 Å². The van der Waals surface area contributed by atoms with Crippen LogP contribution in [0.25, 0.3) is 0 Å². The first kappa shape index (κ1) is 60.2. The lowest BCUT2D eigenvalue weighted by atomic mass is 9.69. The second-order valence-electron chi connectivity index (χ2n) is 13.0. The van der Waals surface area contributed by atoms with Crippen LogP contribution in [0, 0.1) is 46.8 Å². The summed E-state index contributed by atoms with van der Waals surface area (Å²) in [4.78, 5) is 52.8. The summed E-state index contributed by atoms with van der Waals surface area (Å²) < 4.78 is 5.59. The molecular weight excluding hydrogens is 594 g/mol. The molecule has 0 heterocycles. The van der Waals surface area contributed by atoms with Crippen LogP contribution in [0.15, 0.2) is 0 Å². The second-order valence-corrected chi connectivity index (χ2v) is 13.0. The van der Waals surface area contributed by atoms with Crippen LogP contribution in [-0.4, -0.2) is 67.6 Å². The molecule has 0 aromatic heterocycles. The Balaban J connectivity index is -0.000000400. The molecular formula is C38H85N3O6. The molecule has 2 aliphatic rings. The number of carbonyl (C=O) groups is 4. The smallest absolute Gasteiger partial charge is 0.309 e. The van der Waals surface area contributed by atoms with E-state index in [1.165, 1.54) is 0 Å². The molecule has 47 heavy (non-hydrogen) atoms. The first-order chi connectivity index (χ1) is 18.3. The maximum Gasteiger partial charge on any atom is 0.309 e. The molecule has 0 radical (unpaired) electrons. The predicted octanol–water partition coefficient (Wildman–Crippen LogP) is 8.78. The number of aliphatic carboxylic acids is 1. The summed E-state index contributed by atoms with van der Waals surface area (Å²) in [5.74, 6) is -2.66. The first-order valence-electron chi connectivity index (χ1n) is 14.9. The molecule has 2 fully saturated rings. The van der Waals surface area contributed by atoms with Crippen LogP contribution in [0.4, 0.5) is 0 Å². The fourth-order valence-electron chi connectivity index (χ4n) is 6.84. The van der Waals surface area contributed by atoms with Crippen LogP contribution < -0.4 is 11.1 Å². The molecule has 7 unspecified atom stereocenters. The Bertz CT molecular complexity index is 847. The van der Waals surface area contributed by atoms with Crippen molar-refractivity contribution in [3.05, 3.63) is 0 Å². The van der Waals surface area contributed by atoms with Gasteiger partial charge < -0.3 is 25.8 Å². The van der Waals surface area contributed by atoms with Gasteiger partial charge in [-0.15, -0.1) is 0 Å². The molecule has 2 aliphatic carbocycles. The number of esters is 1. The van der Waals surface area contributed by atoms with Gasteiger partial charge in [0.25, 0.3) is 0 Å². The van der Waals surface area contributed by atoms with Gasteiger partial charge in [-0.05, 0) is 76.3 Å². The zero-order valence-corrected chi connectivity index (χ0v) is 25.0. The molecule has 288 valence electrons. The van der Waals surface area contributed by atoms with E-state index in [0.29, 0.717) is 37.8 Å². The summed E-state index contributed by atoms with van der Waals surface area (Å²) in [6, 6.07) is 0. The Morgan fingerprint density at radius 2 is 1.51 bits per heavy atom. The van der Waals surface area contributed by atoms with Crippen LogP contribution in [0.2, 0.25) is 0 Å². The van der Waals surface area contributed by atoms with Crippen molar-refractivity contribution >= 4 is 23.8 Å². The van der Waals surface area contributed by atoms with Crippen molar-refractivity contribution in [3.8, 4) is 0 Å². The summed E-state index contributed by atoms with van der Waals surface area (Å²) in [6.07, 6.45) is 6.68. The van der Waals surface area contributed by atoms with Crippen molar-refractivity contribution in [2.45, 2.75) is 145 Å². The second kappa shape index (κ2) is 27.8. The normalized spacial score (nSPS) is 21.5. The average molecular weight is 680 g/mol. The molecule has 2 bridgehead atoms. The highest BCUT2D eigenvalue weighted by molar-refractivity contribution is 5.83. The lowest BCUT2D eigenvalue weighted by Crippen LogP contribution is -2.41. The third kappa shape index (κ3) is 17.7. The van der Waals surface area contributed by atoms with E-state index in [4.69, 9.17) is 10.5 Å². The van der Waals surface area contributed by atoms with Gasteiger partial charge in [0.05, 0.1) is 11.8 Å². The molecule has 0 aromatic rings. The SMILES string of the molecule is C.C.C.C.C.C.C.C.CCCCCCNC(=O)C(C)(C)CC(CC(CC1C(C)C2CC(C(=O)O)C1C2)C(N)=O)C(=O)OCCN(C)C. The van der Waals surface area contributed by atoms with Gasteiger partial charge in [-0.1, -0.05) is 106 Å². The number of carboxylic acid groups (broad SMARTS) is 1. The van der Waals surface area contributed by atoms with Crippen molar-refractivity contribution in [1.82, 2.24) is 10.2 Å². The number of likely N-dealkylation sites (N-methyl/N-ethyl adjacent to an activating group) is 1. The quantitative estimate of drug-likeness (QED) is 0.0972. The molecule has 7 atom stereocenters. The highest BCUT2D eigenvalue weighted by Crippen LogP contribution is 2.57. The van der Waals surface area contributed by atoms with Gasteiger partial charge >= 0.3 is 11.9 Å². The summed E-state index contributed by atoms with van der Waals surface area (Å²) >= 11 is 0. The molecule has 2 saturated carbocycles. The van der Waals surface area contributed by atoms with E-state index in [1.807, 2.05) is 32.8 Å². The highest BCUT2D eigenvalue weighted by Gasteiger charge is 2.53. The van der Waals surface area contributed by atoms with E-state index in [2.05, 4.69) is 19.2 Å². The fourth-order valence-corrected chi connectivity index (χ4v) is 6.84. The van der Waals surface area contributed by atoms with Gasteiger partial charge in [0.15, 0.2) is 0 Å². The predicted molar refractivity (Wildman–Crippen MR) is 204 cm³/mol. The minimum absolute atomic E-state index is 0. The molecule has 0 spiro atoms. The first-order valence-corrected chi connectivity index (χ1v) is 14.9. The van der Waals surface area contributed by atoms with Crippen LogP contribution in [-0.2, 0) is 23.9 Å². The third-order valence-corrected chi connectivity index (χ3v) is 9.27. The largest absolute Gasteiger partial charge is 0.481 e. The summed E-state index contributed by atoms with van der Waals surface area (Å²) in [7, 11) is 3.78. The van der Waals surface area contributed by atoms with Crippen LogP contribution in [0.1, 0.15) is 145 Å². The average Bonchev–Trinajstić information content (AvgIpc) is 3.41. The number of nitrogens with zero attached hydrogens (tertiary/aromatic N) is 1. The number of ether oxygens (including phenoxy) is 1. The van der Waals surface area contributed by atoms with Gasteiger partial charge in [-0.2, -0.15) is 0 Å². The molecule has 0 aromatic carbocycles. The van der Waals surface area contributed by atoms with Crippen molar-refractivity contribution < 1.29 is 29.0 Å². The van der Waals surface area contributed by atoms with Crippen LogP contribution in [0.5, 0.6) is 0 Å². The third-order valence-electron chi connectivity index (χ3n) is 9.27. The number of primary amides is 1. The van der Waals surface area contributed by atoms with Gasteiger partial charge in [0.2, 0.25) is 11.8 Å². The maximum atomic E-state index is 13.3. The summed E-state index contributed by atoms with van der Waals surface area (Å²) in [5.41, 5.74) is 5.04. The summed E-state index contributed by atoms with van der Waals surface area (Å²) in [6.45, 7) is 9.31. The molecule has 0 aliphatic heterocycles. The van der Waals surface area contributed by atoms with Crippen molar-refractivity contribution in [2.75, 3.05) is 33.8 Å². The van der Waals surface area contributed by atoms with E-state index in [-0.39, 0.29) is 103 Å². The van der Waals surface area contributed by atoms with E-state index in [9.17, 15) is 24.3 Å². The number of hydrogen-bond donors (Lipinski definition) is 3. The topological polar surface area (TPSA) is 139 Å². The monoisotopic (exact) mass is 680 g/mol. The van der Waals surface area contributed by atoms with Gasteiger partial charge in [0, 0.05) is 24.4 Å². The standard InChI is InChI=1S/C30H53N3O6.8CH4/c1-7-8-9-10-11-32-29(38)30(3,4)18-22(28(37)39-13-12-33(5)6)14-21(26(31)34)17-23-19(2)20-15-24(23)25(16-20)27(35)36;;;;;;;;/h19-25H,7-18H2,1-6H3,(H2,31,34)(H,32,38)(H,35,36);8*1H4. The van der Waals surface area contributed by atoms with Crippen LogP contribution >= 0.6 is 0 Å². The maximum absolute atomic E-state index is 13.3. The summed E-state index contributed by atoms with van der Waals surface area (Å²) in [5, 5.41) is 12.7.